The third kappa shape index (κ3) is 1.94. The van der Waals surface area contributed by atoms with Gasteiger partial charge in [0.15, 0.2) is 5.15 Å². The Morgan fingerprint density at radius 1 is 1.67 bits per heavy atom. The molecule has 1 unspecified atom stereocenters. The molecule has 80 valence electrons. The van der Waals surface area contributed by atoms with Crippen molar-refractivity contribution < 1.29 is 4.79 Å². The summed E-state index contributed by atoms with van der Waals surface area (Å²) < 4.78 is 0. The first-order valence-corrected chi connectivity index (χ1v) is 5.73. The minimum atomic E-state index is 0.0471. The van der Waals surface area contributed by atoms with Crippen molar-refractivity contribution in [2.45, 2.75) is 11.2 Å². The Balaban J connectivity index is 2.38. The summed E-state index contributed by atoms with van der Waals surface area (Å²) in [6.07, 6.45) is 2.03. The van der Waals surface area contributed by atoms with E-state index in [2.05, 4.69) is 20.9 Å². The lowest BCUT2D eigenvalue weighted by Crippen LogP contribution is -2.25. The van der Waals surface area contributed by atoms with Crippen LogP contribution in [0.1, 0.15) is 6.42 Å². The number of anilines is 2. The number of carbonyl (C=O) groups is 1. The van der Waals surface area contributed by atoms with Gasteiger partial charge in [-0.05, 0) is 6.07 Å². The Kier molecular flexibility index (Phi) is 2.84. The van der Waals surface area contributed by atoms with Crippen LogP contribution in [0.4, 0.5) is 11.4 Å². The van der Waals surface area contributed by atoms with Crippen molar-refractivity contribution in [3.05, 3.63) is 17.4 Å². The number of nitrogens with zero attached hydrogens (tertiary/aromatic N) is 2. The van der Waals surface area contributed by atoms with Crippen LogP contribution in [0.25, 0.3) is 0 Å². The van der Waals surface area contributed by atoms with E-state index in [0.717, 1.165) is 0 Å². The molecule has 0 aromatic carbocycles. The molecule has 2 heterocycles. The van der Waals surface area contributed by atoms with Gasteiger partial charge in [0, 0.05) is 24.0 Å². The average Bonchev–Trinajstić information content (AvgIpc) is 2.50. The molecule has 6 heteroatoms. The van der Waals surface area contributed by atoms with Crippen LogP contribution in [0.3, 0.4) is 0 Å². The number of nitrogen functional groups attached to an aromatic ring is 1. The highest BCUT2D eigenvalue weighted by atomic mass is 79.9. The molecule has 2 N–H and O–H groups in total. The van der Waals surface area contributed by atoms with Gasteiger partial charge in [-0.1, -0.05) is 27.5 Å². The van der Waals surface area contributed by atoms with Crippen LogP contribution in [-0.2, 0) is 4.79 Å². The second-order valence-corrected chi connectivity index (χ2v) is 4.99. The lowest BCUT2D eigenvalue weighted by atomic mass is 10.3. The molecule has 1 aromatic rings. The first-order chi connectivity index (χ1) is 7.09. The molecule has 4 nitrogen and oxygen atoms in total. The highest BCUT2D eigenvalue weighted by molar-refractivity contribution is 9.09. The number of aromatic nitrogens is 1. The van der Waals surface area contributed by atoms with Crippen LogP contribution in [0.15, 0.2) is 12.3 Å². The van der Waals surface area contributed by atoms with Gasteiger partial charge in [0.2, 0.25) is 5.91 Å². The predicted molar refractivity (Wildman–Crippen MR) is 63.3 cm³/mol. The first-order valence-electron chi connectivity index (χ1n) is 4.44. The maximum Gasteiger partial charge on any atom is 0.228 e. The molecular formula is C9H9BrClN3O. The number of halogens is 2. The van der Waals surface area contributed by atoms with Crippen molar-refractivity contribution in [1.82, 2.24) is 4.98 Å². The molecule has 0 spiro atoms. The van der Waals surface area contributed by atoms with E-state index in [1.165, 1.54) is 0 Å². The van der Waals surface area contributed by atoms with Crippen LogP contribution in [0, 0.1) is 0 Å². The number of amides is 1. The van der Waals surface area contributed by atoms with Crippen LogP contribution in [0.2, 0.25) is 5.15 Å². The molecule has 1 saturated heterocycles. The fraction of sp³-hybridized carbons (Fsp3) is 0.333. The normalized spacial score (nSPS) is 21.1. The van der Waals surface area contributed by atoms with E-state index >= 15 is 0 Å². The molecule has 1 atom stereocenters. The Bertz CT molecular complexity index is 412. The van der Waals surface area contributed by atoms with Crippen molar-refractivity contribution in [1.29, 1.82) is 0 Å². The van der Waals surface area contributed by atoms with Gasteiger partial charge in [-0.15, -0.1) is 0 Å². The molecule has 0 radical (unpaired) electrons. The van der Waals surface area contributed by atoms with Gasteiger partial charge in [0.25, 0.3) is 0 Å². The zero-order valence-electron chi connectivity index (χ0n) is 7.78. The Hall–Kier alpha value is -0.810. The topological polar surface area (TPSA) is 59.2 Å². The number of hydrogen-bond donors (Lipinski definition) is 1. The van der Waals surface area contributed by atoms with Gasteiger partial charge in [0.1, 0.15) is 0 Å². The molecule has 2 rings (SSSR count). The number of rotatable bonds is 1. The summed E-state index contributed by atoms with van der Waals surface area (Å²) in [5.41, 5.74) is 6.76. The Morgan fingerprint density at radius 2 is 2.40 bits per heavy atom. The standard InChI is InChI=1S/C9H9BrClN3O/c10-5-3-7(15)14(4-5)6-1-2-13-9(11)8(6)12/h1-2,5H,3-4,12H2. The highest BCUT2D eigenvalue weighted by Crippen LogP contribution is 2.32. The van der Waals surface area contributed by atoms with E-state index in [4.69, 9.17) is 17.3 Å². The molecule has 1 aliphatic rings. The predicted octanol–water partition coefficient (Wildman–Crippen LogP) is 1.82. The summed E-state index contributed by atoms with van der Waals surface area (Å²) in [6, 6.07) is 1.70. The van der Waals surface area contributed by atoms with E-state index in [0.29, 0.717) is 24.3 Å². The molecule has 0 aliphatic carbocycles. The Labute approximate surface area is 101 Å². The summed E-state index contributed by atoms with van der Waals surface area (Å²) in [4.78, 5) is 17.3. The number of hydrogen-bond acceptors (Lipinski definition) is 3. The second-order valence-electron chi connectivity index (χ2n) is 3.34. The van der Waals surface area contributed by atoms with E-state index < -0.39 is 0 Å². The van der Waals surface area contributed by atoms with Crippen LogP contribution < -0.4 is 10.6 Å². The van der Waals surface area contributed by atoms with E-state index in [1.54, 1.807) is 17.2 Å². The summed E-state index contributed by atoms with van der Waals surface area (Å²) in [5, 5.41) is 0.235. The largest absolute Gasteiger partial charge is 0.395 e. The van der Waals surface area contributed by atoms with Crippen LogP contribution in [-0.4, -0.2) is 22.3 Å². The molecule has 1 amide bonds. The SMILES string of the molecule is Nc1c(N2CC(Br)CC2=O)ccnc1Cl. The third-order valence-electron chi connectivity index (χ3n) is 2.29. The molecule has 1 aliphatic heterocycles. The third-order valence-corrected chi connectivity index (χ3v) is 3.20. The van der Waals surface area contributed by atoms with Crippen molar-refractivity contribution in [2.24, 2.45) is 0 Å². The summed E-state index contributed by atoms with van der Waals surface area (Å²) in [5.74, 6) is 0.0471. The quantitative estimate of drug-likeness (QED) is 0.634. The number of carbonyl (C=O) groups excluding carboxylic acids is 1. The van der Waals surface area contributed by atoms with E-state index in [1.807, 2.05) is 0 Å². The molecule has 0 saturated carbocycles. The van der Waals surface area contributed by atoms with Crippen molar-refractivity contribution in [3.8, 4) is 0 Å². The Morgan fingerprint density at radius 3 is 3.00 bits per heavy atom. The highest BCUT2D eigenvalue weighted by Gasteiger charge is 2.30. The summed E-state index contributed by atoms with van der Waals surface area (Å²) >= 11 is 9.20. The summed E-state index contributed by atoms with van der Waals surface area (Å²) in [6.45, 7) is 0.614. The fourth-order valence-corrected chi connectivity index (χ4v) is 2.29. The molecular weight excluding hydrogens is 281 g/mol. The zero-order chi connectivity index (χ0) is 11.0. The maximum absolute atomic E-state index is 11.6. The van der Waals surface area contributed by atoms with Crippen molar-refractivity contribution in [2.75, 3.05) is 17.2 Å². The summed E-state index contributed by atoms with van der Waals surface area (Å²) in [7, 11) is 0. The monoisotopic (exact) mass is 289 g/mol. The van der Waals surface area contributed by atoms with E-state index in [9.17, 15) is 4.79 Å². The number of pyridine rings is 1. The molecule has 15 heavy (non-hydrogen) atoms. The number of alkyl halides is 1. The first kappa shape index (κ1) is 10.7. The van der Waals surface area contributed by atoms with Crippen molar-refractivity contribution in [3.63, 3.8) is 0 Å². The van der Waals surface area contributed by atoms with Gasteiger partial charge in [-0.25, -0.2) is 4.98 Å². The lowest BCUT2D eigenvalue weighted by Gasteiger charge is -2.18. The smallest absolute Gasteiger partial charge is 0.228 e. The minimum absolute atomic E-state index is 0.0471. The van der Waals surface area contributed by atoms with Crippen molar-refractivity contribution >= 4 is 44.8 Å². The second kappa shape index (κ2) is 3.98. The fourth-order valence-electron chi connectivity index (χ4n) is 1.57. The van der Waals surface area contributed by atoms with Gasteiger partial charge >= 0.3 is 0 Å². The molecule has 1 aromatic heterocycles. The molecule has 0 bridgehead atoms. The minimum Gasteiger partial charge on any atom is -0.395 e. The van der Waals surface area contributed by atoms with Gasteiger partial charge < -0.3 is 10.6 Å². The van der Waals surface area contributed by atoms with E-state index in [-0.39, 0.29) is 15.9 Å². The zero-order valence-corrected chi connectivity index (χ0v) is 10.1. The molecule has 1 fully saturated rings. The van der Waals surface area contributed by atoms with Crippen LogP contribution in [0.5, 0.6) is 0 Å². The maximum atomic E-state index is 11.6. The lowest BCUT2D eigenvalue weighted by molar-refractivity contribution is -0.117. The van der Waals surface area contributed by atoms with Gasteiger partial charge in [0.05, 0.1) is 11.4 Å². The van der Waals surface area contributed by atoms with Crippen LogP contribution >= 0.6 is 27.5 Å². The average molecular weight is 291 g/mol. The number of nitrogens with two attached hydrogens (primary N) is 1. The van der Waals surface area contributed by atoms with Gasteiger partial charge in [-0.2, -0.15) is 0 Å². The van der Waals surface area contributed by atoms with Gasteiger partial charge in [-0.3, -0.25) is 4.79 Å².